The average molecular weight is 522 g/mol. The molecular formula is C21H7Cl3N2O6S. The molecule has 1 aliphatic rings. The summed E-state index contributed by atoms with van der Waals surface area (Å²) < 4.78 is 0. The fraction of sp³-hybridized carbons (Fsp3) is 0.0476. The molecule has 0 N–H and O–H groups in total. The number of Topliss-reactive ketones (excluding diaryl/α,β-unsaturated/α-hetero) is 1. The van der Waals surface area contributed by atoms with E-state index in [0.717, 1.165) is 23.9 Å². The molecule has 12 heteroatoms. The van der Waals surface area contributed by atoms with Gasteiger partial charge in [-0.3, -0.25) is 29.8 Å². The van der Waals surface area contributed by atoms with Crippen LogP contribution in [0.1, 0.15) is 15.9 Å². The van der Waals surface area contributed by atoms with Gasteiger partial charge in [0.1, 0.15) is 10.0 Å². The number of carbonyl (C=O) groups is 1. The third-order valence-electron chi connectivity index (χ3n) is 5.51. The molecule has 0 aromatic heterocycles. The summed E-state index contributed by atoms with van der Waals surface area (Å²) in [5.41, 5.74) is -0.909. The molecule has 164 valence electrons. The number of nitro groups is 2. The van der Waals surface area contributed by atoms with Crippen LogP contribution in [0.3, 0.4) is 0 Å². The predicted molar refractivity (Wildman–Crippen MR) is 127 cm³/mol. The summed E-state index contributed by atoms with van der Waals surface area (Å²) >= 11 is 19.6. The molecular weight excluding hydrogens is 515 g/mol. The Morgan fingerprint density at radius 1 is 0.848 bits per heavy atom. The van der Waals surface area contributed by atoms with Crippen molar-refractivity contribution in [2.75, 3.05) is 0 Å². The molecule has 0 aliphatic carbocycles. The second kappa shape index (κ2) is 7.26. The number of benzene rings is 3. The molecule has 0 saturated carbocycles. The lowest BCUT2D eigenvalue weighted by molar-refractivity contribution is -0.384. The zero-order valence-corrected chi connectivity index (χ0v) is 19.3. The van der Waals surface area contributed by atoms with E-state index in [4.69, 9.17) is 34.8 Å². The van der Waals surface area contributed by atoms with Gasteiger partial charge in [-0.05, 0) is 24.6 Å². The fourth-order valence-corrected chi connectivity index (χ4v) is 6.45. The average Bonchev–Trinajstić information content (AvgIpc) is 3.18. The maximum atomic E-state index is 13.5. The number of hydrogen-bond acceptors (Lipinski definition) is 7. The third-order valence-corrected chi connectivity index (χ3v) is 7.63. The van der Waals surface area contributed by atoms with Crippen LogP contribution in [0.5, 0.6) is 0 Å². The maximum Gasteiger partial charge on any atom is 0.289 e. The molecule has 0 amide bonds. The first-order valence-corrected chi connectivity index (χ1v) is 11.1. The second-order valence-corrected chi connectivity index (χ2v) is 9.58. The Labute approximate surface area is 202 Å². The van der Waals surface area contributed by atoms with Crippen LogP contribution in [0, 0.1) is 27.2 Å². The van der Waals surface area contributed by atoms with E-state index in [0.29, 0.717) is 21.0 Å². The van der Waals surface area contributed by atoms with Crippen LogP contribution in [0.25, 0.3) is 26.5 Å². The van der Waals surface area contributed by atoms with Crippen LogP contribution in [-0.2, 0) is 0 Å². The number of nitro benzene ring substituents is 2. The molecule has 0 bridgehead atoms. The number of hydrogen-bond donors (Lipinski definition) is 0. The number of rotatable bonds is 2. The number of ketones is 1. The van der Waals surface area contributed by atoms with Crippen LogP contribution in [0.15, 0.2) is 34.0 Å². The quantitative estimate of drug-likeness (QED) is 0.245. The minimum absolute atomic E-state index is 0.0493. The van der Waals surface area contributed by atoms with Crippen molar-refractivity contribution >= 4 is 90.2 Å². The SMILES string of the molecule is Cc1cc(Cl)cc2c1C(=O)C(=c1c(=O)c3cc([N+](=O)[O-])c(Cl)c4c(Cl)c([N+](=O)[O-])cc1c43)S2. The van der Waals surface area contributed by atoms with E-state index in [2.05, 4.69) is 0 Å². The molecule has 0 spiro atoms. The lowest BCUT2D eigenvalue weighted by Crippen LogP contribution is -2.23. The normalized spacial score (nSPS) is 15.0. The summed E-state index contributed by atoms with van der Waals surface area (Å²) in [7, 11) is 0. The first-order valence-electron chi connectivity index (χ1n) is 9.12. The molecule has 1 aliphatic heterocycles. The molecule has 8 nitrogen and oxygen atoms in total. The number of nitrogens with zero attached hydrogens (tertiary/aromatic N) is 2. The highest BCUT2D eigenvalue weighted by Gasteiger charge is 2.34. The minimum atomic E-state index is -0.803. The van der Waals surface area contributed by atoms with Gasteiger partial charge in [-0.1, -0.05) is 46.6 Å². The van der Waals surface area contributed by atoms with E-state index in [1.807, 2.05) is 0 Å². The Balaban J connectivity index is 2.04. The first kappa shape index (κ1) is 21.8. The summed E-state index contributed by atoms with van der Waals surface area (Å²) in [5.74, 6) is -0.438. The van der Waals surface area contributed by atoms with Crippen molar-refractivity contribution in [2.45, 2.75) is 11.8 Å². The summed E-state index contributed by atoms with van der Waals surface area (Å²) in [4.78, 5) is 49.0. The third kappa shape index (κ3) is 2.93. The molecule has 0 atom stereocenters. The van der Waals surface area contributed by atoms with Gasteiger partial charge in [0.15, 0.2) is 5.43 Å². The van der Waals surface area contributed by atoms with Gasteiger partial charge >= 0.3 is 0 Å². The number of halogens is 3. The second-order valence-electron chi connectivity index (χ2n) is 7.34. The summed E-state index contributed by atoms with van der Waals surface area (Å²) in [6.45, 7) is 1.70. The van der Waals surface area contributed by atoms with Crippen molar-refractivity contribution in [1.82, 2.24) is 0 Å². The molecule has 0 radical (unpaired) electrons. The fourth-order valence-electron chi connectivity index (χ4n) is 4.17. The van der Waals surface area contributed by atoms with Crippen LogP contribution >= 0.6 is 46.6 Å². The van der Waals surface area contributed by atoms with E-state index >= 15 is 0 Å². The summed E-state index contributed by atoms with van der Waals surface area (Å²) in [6.07, 6.45) is 0. The lowest BCUT2D eigenvalue weighted by Gasteiger charge is -2.06. The molecule has 1 heterocycles. The van der Waals surface area contributed by atoms with Gasteiger partial charge < -0.3 is 0 Å². The molecule has 5 rings (SSSR count). The lowest BCUT2D eigenvalue weighted by atomic mass is 10.0. The molecule has 0 unspecified atom stereocenters. The molecule has 33 heavy (non-hydrogen) atoms. The largest absolute Gasteiger partial charge is 0.289 e. The monoisotopic (exact) mass is 520 g/mol. The van der Waals surface area contributed by atoms with E-state index in [9.17, 15) is 29.8 Å². The van der Waals surface area contributed by atoms with E-state index < -0.39 is 42.5 Å². The highest BCUT2D eigenvalue weighted by atomic mass is 35.5. The Morgan fingerprint density at radius 3 is 2.00 bits per heavy atom. The van der Waals surface area contributed by atoms with Gasteiger partial charge in [-0.15, -0.1) is 0 Å². The zero-order valence-electron chi connectivity index (χ0n) is 16.2. The summed E-state index contributed by atoms with van der Waals surface area (Å²) in [6, 6.07) is 5.31. The van der Waals surface area contributed by atoms with Crippen molar-refractivity contribution in [2.24, 2.45) is 0 Å². The molecule has 0 saturated heterocycles. The van der Waals surface area contributed by atoms with Crippen molar-refractivity contribution in [3.8, 4) is 0 Å². The van der Waals surface area contributed by atoms with Gasteiger partial charge in [0.25, 0.3) is 11.4 Å². The van der Waals surface area contributed by atoms with Gasteiger partial charge in [-0.2, -0.15) is 0 Å². The topological polar surface area (TPSA) is 120 Å². The van der Waals surface area contributed by atoms with Gasteiger partial charge in [0.05, 0.1) is 14.8 Å². The van der Waals surface area contributed by atoms with Crippen molar-refractivity contribution in [1.29, 1.82) is 0 Å². The van der Waals surface area contributed by atoms with Gasteiger partial charge in [0.2, 0.25) is 5.78 Å². The molecule has 4 aromatic rings. The number of carbonyl (C=O) groups excluding carboxylic acids is 1. The number of thioether (sulfide) groups is 1. The van der Waals surface area contributed by atoms with Crippen molar-refractivity contribution in [3.63, 3.8) is 0 Å². The van der Waals surface area contributed by atoms with E-state index in [1.54, 1.807) is 19.1 Å². The number of aryl methyl sites for hydroxylation is 1. The zero-order chi connectivity index (χ0) is 23.9. The van der Waals surface area contributed by atoms with Crippen molar-refractivity contribution < 1.29 is 14.6 Å². The minimum Gasteiger partial charge on any atom is -0.289 e. The Hall–Kier alpha value is -2.98. The van der Waals surface area contributed by atoms with E-state index in [-0.39, 0.29) is 31.7 Å². The summed E-state index contributed by atoms with van der Waals surface area (Å²) in [5, 5.41) is 22.6. The van der Waals surface area contributed by atoms with Crippen LogP contribution < -0.4 is 10.6 Å². The first-order chi connectivity index (χ1) is 15.5. The van der Waals surface area contributed by atoms with Crippen LogP contribution in [-0.4, -0.2) is 15.6 Å². The van der Waals surface area contributed by atoms with Crippen molar-refractivity contribution in [3.05, 3.63) is 86.1 Å². The maximum absolute atomic E-state index is 13.5. The predicted octanol–water partition coefficient (Wildman–Crippen LogP) is 5.69. The van der Waals surface area contributed by atoms with Gasteiger partial charge in [0, 0.05) is 54.4 Å². The Kier molecular flexibility index (Phi) is 4.81. The Morgan fingerprint density at radius 2 is 1.42 bits per heavy atom. The highest BCUT2D eigenvalue weighted by Crippen LogP contribution is 2.47. The van der Waals surface area contributed by atoms with Crippen LogP contribution in [0.4, 0.5) is 11.4 Å². The smallest absolute Gasteiger partial charge is 0.289 e. The standard InChI is InChI=1S/C21H7Cl3N2O6S/c1-6-2-7(22)3-12-13(6)20(28)21(33-12)15-8-4-10(25(29)30)17(23)16-14(8)9(19(15)27)5-11(18(16)24)26(31)32/h2-5H,1H3. The molecule has 4 aromatic carbocycles. The van der Waals surface area contributed by atoms with E-state index in [1.165, 1.54) is 0 Å². The Bertz CT molecular complexity index is 1730. The van der Waals surface area contributed by atoms with Crippen LogP contribution in [0.2, 0.25) is 15.1 Å². The van der Waals surface area contributed by atoms with Gasteiger partial charge in [-0.25, -0.2) is 0 Å². The molecule has 0 fully saturated rings. The highest BCUT2D eigenvalue weighted by molar-refractivity contribution is 8.10. The number of fused-ring (bicyclic) bond motifs is 1.